The van der Waals surface area contributed by atoms with Crippen LogP contribution in [0.4, 0.5) is 5.69 Å². The van der Waals surface area contributed by atoms with Crippen LogP contribution in [-0.4, -0.2) is 39.5 Å². The molecule has 7 heteroatoms. The second kappa shape index (κ2) is 8.60. The molecule has 158 valence electrons. The first-order chi connectivity index (χ1) is 14.5. The highest BCUT2D eigenvalue weighted by molar-refractivity contribution is 7.21. The maximum atomic E-state index is 13.3. The zero-order valence-electron chi connectivity index (χ0n) is 17.7. The third kappa shape index (κ3) is 3.99. The van der Waals surface area contributed by atoms with Crippen LogP contribution in [0.15, 0.2) is 24.3 Å². The van der Waals surface area contributed by atoms with E-state index in [1.807, 2.05) is 30.9 Å². The van der Waals surface area contributed by atoms with Crippen LogP contribution in [0.2, 0.25) is 0 Å². The minimum absolute atomic E-state index is 0.109. The smallest absolute Gasteiger partial charge is 0.266 e. The molecule has 3 heterocycles. The van der Waals surface area contributed by atoms with Crippen LogP contribution in [0.25, 0.3) is 10.1 Å². The normalized spacial score (nSPS) is 17.2. The standard InChI is InChI=1S/C23H28N4O2S/c1-14-21(15(2)26-25-14)24-23(29)22-19(18-10-6-7-11-20(18)30-22)13-17-9-5-4-8-12-27(17)16(3)28/h6-7,10-11,17H,4-5,8-9,12-13H2,1-3H3,(H,24,29)(H,25,26)/t17-/m0/s1. The van der Waals surface area contributed by atoms with Gasteiger partial charge in [-0.3, -0.25) is 14.7 Å². The Kier molecular flexibility index (Phi) is 5.90. The molecular weight excluding hydrogens is 396 g/mol. The molecule has 0 radical (unpaired) electrons. The molecule has 30 heavy (non-hydrogen) atoms. The summed E-state index contributed by atoms with van der Waals surface area (Å²) in [6, 6.07) is 8.29. The number of aromatic amines is 1. The highest BCUT2D eigenvalue weighted by Gasteiger charge is 2.27. The minimum Gasteiger partial charge on any atom is -0.340 e. The number of amides is 2. The Morgan fingerprint density at radius 1 is 1.23 bits per heavy atom. The number of aromatic nitrogens is 2. The van der Waals surface area contributed by atoms with Gasteiger partial charge in [-0.1, -0.05) is 31.0 Å². The van der Waals surface area contributed by atoms with E-state index in [1.165, 1.54) is 11.3 Å². The molecule has 1 aliphatic heterocycles. The average Bonchev–Trinajstić information content (AvgIpc) is 3.13. The van der Waals surface area contributed by atoms with E-state index < -0.39 is 0 Å². The molecule has 2 N–H and O–H groups in total. The molecule has 1 saturated heterocycles. The van der Waals surface area contributed by atoms with Gasteiger partial charge in [-0.25, -0.2) is 0 Å². The van der Waals surface area contributed by atoms with E-state index in [4.69, 9.17) is 0 Å². The van der Waals surface area contributed by atoms with Crippen molar-refractivity contribution in [3.63, 3.8) is 0 Å². The number of fused-ring (bicyclic) bond motifs is 1. The van der Waals surface area contributed by atoms with Crippen molar-refractivity contribution < 1.29 is 9.59 Å². The number of rotatable bonds is 4. The van der Waals surface area contributed by atoms with Crippen molar-refractivity contribution in [2.75, 3.05) is 11.9 Å². The van der Waals surface area contributed by atoms with E-state index in [0.717, 1.165) is 69.8 Å². The lowest BCUT2D eigenvalue weighted by Crippen LogP contribution is -2.40. The number of carbonyl (C=O) groups is 2. The van der Waals surface area contributed by atoms with Crippen molar-refractivity contribution in [2.45, 2.75) is 58.9 Å². The highest BCUT2D eigenvalue weighted by Crippen LogP contribution is 2.35. The Morgan fingerprint density at radius 3 is 2.77 bits per heavy atom. The summed E-state index contributed by atoms with van der Waals surface area (Å²) in [7, 11) is 0. The minimum atomic E-state index is -0.109. The molecule has 2 aromatic heterocycles. The predicted molar refractivity (Wildman–Crippen MR) is 121 cm³/mol. The number of hydrogen-bond donors (Lipinski definition) is 2. The highest BCUT2D eigenvalue weighted by atomic mass is 32.1. The Balaban J connectivity index is 1.71. The van der Waals surface area contributed by atoms with Gasteiger partial charge < -0.3 is 10.2 Å². The fourth-order valence-electron chi connectivity index (χ4n) is 4.43. The molecule has 0 unspecified atom stereocenters. The van der Waals surface area contributed by atoms with Crippen LogP contribution in [0.3, 0.4) is 0 Å². The summed E-state index contributed by atoms with van der Waals surface area (Å²) in [6.07, 6.45) is 5.00. The van der Waals surface area contributed by atoms with Gasteiger partial charge in [0.15, 0.2) is 0 Å². The predicted octanol–water partition coefficient (Wildman–Crippen LogP) is 4.83. The van der Waals surface area contributed by atoms with Gasteiger partial charge in [0.25, 0.3) is 5.91 Å². The van der Waals surface area contributed by atoms with Crippen molar-refractivity contribution in [3.05, 3.63) is 46.1 Å². The summed E-state index contributed by atoms with van der Waals surface area (Å²) >= 11 is 1.52. The second-order valence-electron chi connectivity index (χ2n) is 8.09. The molecule has 6 nitrogen and oxygen atoms in total. The van der Waals surface area contributed by atoms with Crippen molar-refractivity contribution in [2.24, 2.45) is 0 Å². The first-order valence-corrected chi connectivity index (χ1v) is 11.4. The van der Waals surface area contributed by atoms with E-state index in [9.17, 15) is 9.59 Å². The number of nitrogens with zero attached hydrogens (tertiary/aromatic N) is 2. The maximum Gasteiger partial charge on any atom is 0.266 e. The van der Waals surface area contributed by atoms with Crippen LogP contribution < -0.4 is 5.32 Å². The SMILES string of the molecule is CC(=O)N1CCCCC[C@H]1Cc1c(C(=O)Nc2c(C)n[nH]c2C)sc2ccccc12. The Morgan fingerprint density at radius 2 is 2.03 bits per heavy atom. The lowest BCUT2D eigenvalue weighted by Gasteiger charge is -2.29. The van der Waals surface area contributed by atoms with E-state index in [1.54, 1.807) is 6.92 Å². The Hall–Kier alpha value is -2.67. The summed E-state index contributed by atoms with van der Waals surface area (Å²) in [5, 5.41) is 11.3. The largest absolute Gasteiger partial charge is 0.340 e. The molecule has 2 amide bonds. The van der Waals surface area contributed by atoms with Gasteiger partial charge in [0.1, 0.15) is 0 Å². The molecule has 0 saturated carbocycles. The van der Waals surface area contributed by atoms with Gasteiger partial charge in [-0.05, 0) is 50.1 Å². The van der Waals surface area contributed by atoms with Gasteiger partial charge in [-0.2, -0.15) is 5.10 Å². The first-order valence-electron chi connectivity index (χ1n) is 10.6. The number of H-pyrrole nitrogens is 1. The van der Waals surface area contributed by atoms with Crippen LogP contribution in [0.1, 0.15) is 59.2 Å². The molecule has 1 aliphatic rings. The summed E-state index contributed by atoms with van der Waals surface area (Å²) in [5.41, 5.74) is 3.40. The fourth-order valence-corrected chi connectivity index (χ4v) is 5.56. The molecule has 0 bridgehead atoms. The zero-order chi connectivity index (χ0) is 21.3. The van der Waals surface area contributed by atoms with E-state index in [2.05, 4.69) is 27.6 Å². The van der Waals surface area contributed by atoms with Crippen LogP contribution >= 0.6 is 11.3 Å². The van der Waals surface area contributed by atoms with Crippen molar-refractivity contribution in [1.29, 1.82) is 0 Å². The van der Waals surface area contributed by atoms with Gasteiger partial charge in [-0.15, -0.1) is 11.3 Å². The molecule has 3 aromatic rings. The number of aryl methyl sites for hydroxylation is 2. The molecule has 0 spiro atoms. The third-order valence-electron chi connectivity index (χ3n) is 5.99. The van der Waals surface area contributed by atoms with Crippen LogP contribution in [-0.2, 0) is 11.2 Å². The number of likely N-dealkylation sites (tertiary alicyclic amines) is 1. The monoisotopic (exact) mass is 424 g/mol. The zero-order valence-corrected chi connectivity index (χ0v) is 18.6. The average molecular weight is 425 g/mol. The molecule has 1 atom stereocenters. The van der Waals surface area contributed by atoms with Crippen molar-refractivity contribution in [3.8, 4) is 0 Å². The number of benzene rings is 1. The van der Waals surface area contributed by atoms with Gasteiger partial charge in [0, 0.05) is 24.2 Å². The number of anilines is 1. The first kappa shape index (κ1) is 20.6. The Bertz CT molecular complexity index is 1060. The third-order valence-corrected chi connectivity index (χ3v) is 7.20. The lowest BCUT2D eigenvalue weighted by atomic mass is 9.98. The van der Waals surface area contributed by atoms with Crippen LogP contribution in [0.5, 0.6) is 0 Å². The summed E-state index contributed by atoms with van der Waals surface area (Å²) in [6.45, 7) is 6.23. The summed E-state index contributed by atoms with van der Waals surface area (Å²) in [4.78, 5) is 28.3. The molecule has 1 aromatic carbocycles. The number of nitrogens with one attached hydrogen (secondary N) is 2. The number of hydrogen-bond acceptors (Lipinski definition) is 4. The molecule has 4 rings (SSSR count). The molecular formula is C23H28N4O2S. The Labute approximate surface area is 180 Å². The molecule has 1 fully saturated rings. The number of carbonyl (C=O) groups excluding carboxylic acids is 2. The lowest BCUT2D eigenvalue weighted by molar-refractivity contribution is -0.131. The fraction of sp³-hybridized carbons (Fsp3) is 0.435. The van der Waals surface area contributed by atoms with Crippen molar-refractivity contribution in [1.82, 2.24) is 15.1 Å². The topological polar surface area (TPSA) is 78.1 Å². The van der Waals surface area contributed by atoms with Gasteiger partial charge in [0.05, 0.1) is 22.0 Å². The molecule has 0 aliphatic carbocycles. The van der Waals surface area contributed by atoms with Gasteiger partial charge >= 0.3 is 0 Å². The van der Waals surface area contributed by atoms with E-state index in [-0.39, 0.29) is 17.9 Å². The van der Waals surface area contributed by atoms with Gasteiger partial charge in [0.2, 0.25) is 5.91 Å². The second-order valence-corrected chi connectivity index (χ2v) is 9.14. The maximum absolute atomic E-state index is 13.3. The summed E-state index contributed by atoms with van der Waals surface area (Å²) in [5.74, 6) is 0.0129. The van der Waals surface area contributed by atoms with Crippen molar-refractivity contribution >= 4 is 38.9 Å². The van der Waals surface area contributed by atoms with E-state index >= 15 is 0 Å². The van der Waals surface area contributed by atoms with Crippen LogP contribution in [0, 0.1) is 13.8 Å². The quantitative estimate of drug-likeness (QED) is 0.630. The summed E-state index contributed by atoms with van der Waals surface area (Å²) < 4.78 is 1.10. The number of thiophene rings is 1. The van der Waals surface area contributed by atoms with E-state index in [0.29, 0.717) is 6.42 Å².